The first kappa shape index (κ1) is 17.9. The average Bonchev–Trinajstić information content (AvgIpc) is 3.37. The number of hydrogen-bond donors (Lipinski definition) is 1. The third-order valence-electron chi connectivity index (χ3n) is 4.23. The molecule has 7 nitrogen and oxygen atoms in total. The molecule has 1 amide bonds. The minimum Gasteiger partial charge on any atom is -0.355 e. The highest BCUT2D eigenvalue weighted by Crippen LogP contribution is 2.24. The van der Waals surface area contributed by atoms with Crippen molar-refractivity contribution in [3.63, 3.8) is 0 Å². The van der Waals surface area contributed by atoms with Crippen LogP contribution in [-0.4, -0.2) is 25.8 Å². The van der Waals surface area contributed by atoms with Gasteiger partial charge in [0.1, 0.15) is 0 Å². The molecule has 3 aromatic heterocycles. The topological polar surface area (TPSA) is 85.8 Å². The van der Waals surface area contributed by atoms with Gasteiger partial charge in [-0.05, 0) is 29.3 Å². The number of pyridine rings is 1. The molecule has 0 unspecified atom stereocenters. The third-order valence-corrected chi connectivity index (χ3v) is 4.48. The van der Waals surface area contributed by atoms with Crippen molar-refractivity contribution in [2.24, 2.45) is 7.05 Å². The van der Waals surface area contributed by atoms with Crippen molar-refractivity contribution in [3.8, 4) is 11.3 Å². The molecular weight excluding hydrogens is 378 g/mol. The number of rotatable bonds is 5. The Morgan fingerprint density at radius 3 is 2.68 bits per heavy atom. The zero-order valence-corrected chi connectivity index (χ0v) is 15.7. The average molecular weight is 394 g/mol. The molecule has 1 aromatic carbocycles. The third kappa shape index (κ3) is 3.79. The van der Waals surface area contributed by atoms with Gasteiger partial charge in [-0.3, -0.25) is 14.5 Å². The molecule has 140 valence electrons. The molecule has 0 bridgehead atoms. The number of hydrogen-bond acceptors (Lipinski definition) is 5. The molecular formula is C20H16ClN5O2. The summed E-state index contributed by atoms with van der Waals surface area (Å²) in [6.07, 6.45) is 6.83. The molecule has 0 aliphatic rings. The molecule has 0 spiro atoms. The number of amides is 1. The van der Waals surface area contributed by atoms with E-state index < -0.39 is 6.04 Å². The lowest BCUT2D eigenvalue weighted by Crippen LogP contribution is -2.29. The fraction of sp³-hybridized carbons (Fsp3) is 0.100. The van der Waals surface area contributed by atoms with Crippen LogP contribution >= 0.6 is 11.6 Å². The number of aryl methyl sites for hydroxylation is 1. The van der Waals surface area contributed by atoms with E-state index in [1.807, 2.05) is 24.3 Å². The maximum Gasteiger partial charge on any atom is 0.274 e. The van der Waals surface area contributed by atoms with Crippen molar-refractivity contribution in [3.05, 3.63) is 89.1 Å². The predicted molar refractivity (Wildman–Crippen MR) is 104 cm³/mol. The molecule has 3 heterocycles. The largest absolute Gasteiger partial charge is 0.355 e. The second kappa shape index (κ2) is 7.66. The molecule has 0 fully saturated rings. The smallest absolute Gasteiger partial charge is 0.274 e. The summed E-state index contributed by atoms with van der Waals surface area (Å²) in [5.74, 6) is 0.116. The molecule has 0 aliphatic heterocycles. The van der Waals surface area contributed by atoms with Gasteiger partial charge in [0.25, 0.3) is 5.91 Å². The van der Waals surface area contributed by atoms with E-state index >= 15 is 0 Å². The van der Waals surface area contributed by atoms with Gasteiger partial charge in [-0.25, -0.2) is 0 Å². The van der Waals surface area contributed by atoms with Crippen LogP contribution in [0.25, 0.3) is 11.3 Å². The molecule has 4 rings (SSSR count). The first-order valence-electron chi connectivity index (χ1n) is 8.52. The van der Waals surface area contributed by atoms with Crippen LogP contribution in [0.3, 0.4) is 0 Å². The second-order valence-corrected chi connectivity index (χ2v) is 6.66. The predicted octanol–water partition coefficient (Wildman–Crippen LogP) is 3.64. The molecule has 1 N–H and O–H groups in total. The molecule has 1 atom stereocenters. The number of aromatic nitrogens is 4. The van der Waals surface area contributed by atoms with Gasteiger partial charge in [0.05, 0.1) is 17.8 Å². The Hall–Kier alpha value is -3.45. The van der Waals surface area contributed by atoms with E-state index in [0.717, 1.165) is 16.7 Å². The van der Waals surface area contributed by atoms with Gasteiger partial charge in [0.2, 0.25) is 0 Å². The Balaban J connectivity index is 1.61. The summed E-state index contributed by atoms with van der Waals surface area (Å²) in [6, 6.07) is 12.2. The number of halogens is 1. The summed E-state index contributed by atoms with van der Waals surface area (Å²) >= 11 is 6.00. The van der Waals surface area contributed by atoms with Gasteiger partial charge in [0.15, 0.2) is 11.5 Å². The fourth-order valence-corrected chi connectivity index (χ4v) is 2.96. The number of benzene rings is 1. The van der Waals surface area contributed by atoms with E-state index in [1.165, 1.54) is 0 Å². The van der Waals surface area contributed by atoms with Crippen LogP contribution in [0.5, 0.6) is 0 Å². The molecule has 8 heteroatoms. The van der Waals surface area contributed by atoms with E-state index in [2.05, 4.69) is 20.6 Å². The van der Waals surface area contributed by atoms with Crippen LogP contribution in [0.2, 0.25) is 5.02 Å². The van der Waals surface area contributed by atoms with E-state index in [4.69, 9.17) is 16.1 Å². The van der Waals surface area contributed by atoms with Gasteiger partial charge < -0.3 is 9.84 Å². The maximum absolute atomic E-state index is 12.8. The minimum absolute atomic E-state index is 0.182. The van der Waals surface area contributed by atoms with Crippen LogP contribution in [-0.2, 0) is 7.05 Å². The first-order valence-corrected chi connectivity index (χ1v) is 8.90. The summed E-state index contributed by atoms with van der Waals surface area (Å²) in [4.78, 5) is 17.0. The zero-order chi connectivity index (χ0) is 19.5. The normalized spacial score (nSPS) is 11.9. The van der Waals surface area contributed by atoms with Crippen molar-refractivity contribution in [1.82, 2.24) is 25.2 Å². The van der Waals surface area contributed by atoms with E-state index in [-0.39, 0.29) is 11.6 Å². The summed E-state index contributed by atoms with van der Waals surface area (Å²) in [5, 5.41) is 11.6. The molecule has 0 aliphatic carbocycles. The standard InChI is InChI=1S/C20H16ClN5O2/c1-26-12-15(11-23-26)18-9-17(25-28-18)20(27)24-19(14-3-2-8-22-10-14)13-4-6-16(21)7-5-13/h2-12,19H,1H3,(H,24,27)/t19-/m0/s1. The highest BCUT2D eigenvalue weighted by Gasteiger charge is 2.21. The Morgan fingerprint density at radius 2 is 2.00 bits per heavy atom. The summed E-state index contributed by atoms with van der Waals surface area (Å²) in [7, 11) is 1.80. The van der Waals surface area contributed by atoms with Gasteiger partial charge in [-0.2, -0.15) is 5.10 Å². The van der Waals surface area contributed by atoms with Crippen molar-refractivity contribution >= 4 is 17.5 Å². The number of nitrogens with zero attached hydrogens (tertiary/aromatic N) is 4. The molecule has 0 saturated heterocycles. The number of carbonyl (C=O) groups is 1. The lowest BCUT2D eigenvalue weighted by molar-refractivity contribution is 0.0934. The monoisotopic (exact) mass is 393 g/mol. The Labute approximate surface area is 166 Å². The molecule has 0 radical (unpaired) electrons. The van der Waals surface area contributed by atoms with Gasteiger partial charge in [-0.15, -0.1) is 0 Å². The van der Waals surface area contributed by atoms with Crippen molar-refractivity contribution in [1.29, 1.82) is 0 Å². The fourth-order valence-electron chi connectivity index (χ4n) is 2.83. The SMILES string of the molecule is Cn1cc(-c2cc(C(=O)N[C@@H](c3ccc(Cl)cc3)c3cccnc3)no2)cn1. The molecule has 28 heavy (non-hydrogen) atoms. The molecule has 0 saturated carbocycles. The van der Waals surface area contributed by atoms with Crippen LogP contribution in [0, 0.1) is 0 Å². The van der Waals surface area contributed by atoms with Crippen molar-refractivity contribution in [2.75, 3.05) is 0 Å². The Bertz CT molecular complexity index is 1090. The Kier molecular flexibility index (Phi) is 4.90. The van der Waals surface area contributed by atoms with Gasteiger partial charge in [0, 0.05) is 36.7 Å². The number of carbonyl (C=O) groups excluding carboxylic acids is 1. The van der Waals surface area contributed by atoms with Crippen molar-refractivity contribution in [2.45, 2.75) is 6.04 Å². The number of nitrogens with one attached hydrogen (secondary N) is 1. The lowest BCUT2D eigenvalue weighted by atomic mass is 10.00. The van der Waals surface area contributed by atoms with Crippen LogP contribution in [0.15, 0.2) is 71.8 Å². The first-order chi connectivity index (χ1) is 13.6. The van der Waals surface area contributed by atoms with Crippen molar-refractivity contribution < 1.29 is 9.32 Å². The van der Waals surface area contributed by atoms with E-state index in [9.17, 15) is 4.79 Å². The minimum atomic E-state index is -0.406. The van der Waals surface area contributed by atoms with Crippen LogP contribution in [0.1, 0.15) is 27.7 Å². The zero-order valence-electron chi connectivity index (χ0n) is 14.9. The van der Waals surface area contributed by atoms with E-state index in [1.54, 1.807) is 54.7 Å². The van der Waals surface area contributed by atoms with Gasteiger partial charge >= 0.3 is 0 Å². The van der Waals surface area contributed by atoms with E-state index in [0.29, 0.717) is 10.8 Å². The highest BCUT2D eigenvalue weighted by atomic mass is 35.5. The maximum atomic E-state index is 12.8. The van der Waals surface area contributed by atoms with Crippen LogP contribution < -0.4 is 5.32 Å². The summed E-state index contributed by atoms with van der Waals surface area (Å²) < 4.78 is 6.95. The van der Waals surface area contributed by atoms with Crippen LogP contribution in [0.4, 0.5) is 0 Å². The summed E-state index contributed by atoms with van der Waals surface area (Å²) in [5.41, 5.74) is 2.65. The Morgan fingerprint density at radius 1 is 1.18 bits per heavy atom. The highest BCUT2D eigenvalue weighted by molar-refractivity contribution is 6.30. The quantitative estimate of drug-likeness (QED) is 0.559. The molecule has 4 aromatic rings. The second-order valence-electron chi connectivity index (χ2n) is 6.22. The summed E-state index contributed by atoms with van der Waals surface area (Å²) in [6.45, 7) is 0. The lowest BCUT2D eigenvalue weighted by Gasteiger charge is -2.19. The van der Waals surface area contributed by atoms with Gasteiger partial charge in [-0.1, -0.05) is 35.0 Å².